The summed E-state index contributed by atoms with van der Waals surface area (Å²) in [5.74, 6) is -0.805. The van der Waals surface area contributed by atoms with Crippen LogP contribution in [0.1, 0.15) is 22.4 Å². The molecule has 3 aromatic rings. The minimum Gasteiger partial charge on any atom is -0.385 e. The van der Waals surface area contributed by atoms with Crippen molar-refractivity contribution in [1.82, 2.24) is 9.80 Å². The first kappa shape index (κ1) is 23.1. The molecule has 32 heavy (non-hydrogen) atoms. The van der Waals surface area contributed by atoms with Crippen LogP contribution in [0.15, 0.2) is 41.4 Å². The zero-order valence-electron chi connectivity index (χ0n) is 18.1. The van der Waals surface area contributed by atoms with Crippen molar-refractivity contribution in [1.29, 1.82) is 0 Å². The lowest BCUT2D eigenvalue weighted by Crippen LogP contribution is -2.53. The van der Waals surface area contributed by atoms with Crippen molar-refractivity contribution < 1.29 is 13.5 Å². The molecular formula is C24H26ClF2N3OS. The lowest BCUT2D eigenvalue weighted by atomic mass is 10.0. The van der Waals surface area contributed by atoms with Gasteiger partial charge in [0.05, 0.1) is 5.69 Å². The van der Waals surface area contributed by atoms with Crippen LogP contribution in [0.5, 0.6) is 0 Å². The van der Waals surface area contributed by atoms with E-state index < -0.39 is 11.6 Å². The Labute approximate surface area is 196 Å². The molecule has 0 unspecified atom stereocenters. The molecule has 0 saturated carbocycles. The topological polar surface area (TPSA) is 28.1 Å². The van der Waals surface area contributed by atoms with Crippen molar-refractivity contribution in [3.8, 4) is 0 Å². The van der Waals surface area contributed by atoms with Crippen molar-refractivity contribution >= 4 is 45.4 Å². The third kappa shape index (κ3) is 4.15. The number of ether oxygens (including phenoxy) is 1. The molecule has 1 fully saturated rings. The molecule has 3 heterocycles. The molecule has 170 valence electrons. The molecule has 0 aliphatic carbocycles. The van der Waals surface area contributed by atoms with Gasteiger partial charge >= 0.3 is 0 Å². The number of rotatable bonds is 3. The lowest BCUT2D eigenvalue weighted by Gasteiger charge is -2.41. The van der Waals surface area contributed by atoms with Crippen LogP contribution in [-0.2, 0) is 11.2 Å². The van der Waals surface area contributed by atoms with Crippen molar-refractivity contribution in [2.75, 3.05) is 40.4 Å². The third-order valence-electron chi connectivity index (χ3n) is 6.32. The number of piperazine rings is 1. The summed E-state index contributed by atoms with van der Waals surface area (Å²) in [6, 6.07) is 11.2. The Morgan fingerprint density at radius 3 is 2.75 bits per heavy atom. The van der Waals surface area contributed by atoms with Gasteiger partial charge in [0.25, 0.3) is 0 Å². The maximum Gasteiger partial charge on any atom is 0.160 e. The highest BCUT2D eigenvalue weighted by molar-refractivity contribution is 7.19. The average molecular weight is 478 g/mol. The fourth-order valence-corrected chi connectivity index (χ4v) is 5.79. The molecule has 0 amide bonds. The number of nitrogens with zero attached hydrogens (tertiary/aromatic N) is 3. The van der Waals surface area contributed by atoms with E-state index in [1.807, 2.05) is 12.1 Å². The third-order valence-corrected chi connectivity index (χ3v) is 7.49. The molecule has 5 rings (SSSR count). The molecule has 8 heteroatoms. The molecule has 2 aliphatic heterocycles. The van der Waals surface area contributed by atoms with Crippen molar-refractivity contribution in [3.63, 3.8) is 0 Å². The summed E-state index contributed by atoms with van der Waals surface area (Å²) < 4.78 is 34.6. The molecule has 1 atom stereocenters. The zero-order chi connectivity index (χ0) is 21.5. The van der Waals surface area contributed by atoms with Crippen molar-refractivity contribution in [2.24, 2.45) is 4.99 Å². The zero-order valence-corrected chi connectivity index (χ0v) is 19.7. The standard InChI is InChI=1S/C24H25F2N3OS.ClH/c1-28-8-9-29(14-16(28)7-10-30-2)24-23-17-5-3-4-6-21(17)31-22(23)12-15-11-18(25)19(26)13-20(15)27-24;/h3-6,11,13,16H,7-10,12,14H2,1-2H3;1H/t16-;/m0./s1. The number of hydrogen-bond donors (Lipinski definition) is 0. The number of benzene rings is 2. The van der Waals surface area contributed by atoms with Crippen molar-refractivity contribution in [2.45, 2.75) is 18.9 Å². The Morgan fingerprint density at radius 2 is 1.94 bits per heavy atom. The monoisotopic (exact) mass is 477 g/mol. The number of amidine groups is 1. The van der Waals surface area contributed by atoms with Gasteiger partial charge in [-0.3, -0.25) is 4.90 Å². The van der Waals surface area contributed by atoms with E-state index in [2.05, 4.69) is 29.0 Å². The normalized spacial score (nSPS) is 18.6. The summed E-state index contributed by atoms with van der Waals surface area (Å²) >= 11 is 1.72. The Morgan fingerprint density at radius 1 is 1.16 bits per heavy atom. The van der Waals surface area contributed by atoms with Gasteiger partial charge in [-0.25, -0.2) is 13.8 Å². The van der Waals surface area contributed by atoms with Gasteiger partial charge in [-0.05, 0) is 31.2 Å². The summed E-state index contributed by atoms with van der Waals surface area (Å²) in [4.78, 5) is 10.8. The van der Waals surface area contributed by atoms with Crippen LogP contribution in [0.2, 0.25) is 0 Å². The molecule has 1 saturated heterocycles. The summed E-state index contributed by atoms with van der Waals surface area (Å²) in [5, 5.41) is 1.15. The minimum atomic E-state index is -0.853. The second-order valence-electron chi connectivity index (χ2n) is 8.27. The van der Waals surface area contributed by atoms with Crippen LogP contribution in [0, 0.1) is 11.6 Å². The molecular weight excluding hydrogens is 452 g/mol. The smallest absolute Gasteiger partial charge is 0.160 e. The Balaban J connectivity index is 0.00000245. The Hall–Kier alpha value is -2.06. The summed E-state index contributed by atoms with van der Waals surface area (Å²) in [7, 11) is 3.87. The van der Waals surface area contributed by atoms with E-state index >= 15 is 0 Å². The molecule has 0 radical (unpaired) electrons. The first-order valence-electron chi connectivity index (χ1n) is 10.6. The predicted molar refractivity (Wildman–Crippen MR) is 129 cm³/mol. The highest BCUT2D eigenvalue weighted by atomic mass is 35.5. The number of hydrogen-bond acceptors (Lipinski definition) is 5. The van der Waals surface area contributed by atoms with Gasteiger partial charge in [0.15, 0.2) is 11.6 Å². The molecule has 2 aromatic carbocycles. The van der Waals surface area contributed by atoms with E-state index in [0.717, 1.165) is 53.3 Å². The molecule has 4 nitrogen and oxygen atoms in total. The van der Waals surface area contributed by atoms with Gasteiger partial charge in [0.1, 0.15) is 5.84 Å². The Kier molecular flexibility index (Phi) is 6.81. The minimum absolute atomic E-state index is 0. The summed E-state index contributed by atoms with van der Waals surface area (Å²) in [6.45, 7) is 3.27. The summed E-state index contributed by atoms with van der Waals surface area (Å²) in [5.41, 5.74) is 2.35. The number of likely N-dealkylation sites (N-methyl/N-ethyl adjacent to an activating group) is 1. The number of thiophene rings is 1. The van der Waals surface area contributed by atoms with E-state index in [-0.39, 0.29) is 12.4 Å². The van der Waals surface area contributed by atoms with Gasteiger partial charge in [-0.2, -0.15) is 0 Å². The quantitative estimate of drug-likeness (QED) is 0.516. The van der Waals surface area contributed by atoms with E-state index in [9.17, 15) is 8.78 Å². The van der Waals surface area contributed by atoms with Gasteiger partial charge in [-0.1, -0.05) is 18.2 Å². The van der Waals surface area contributed by atoms with Crippen LogP contribution in [0.4, 0.5) is 14.5 Å². The van der Waals surface area contributed by atoms with Gasteiger partial charge in [0.2, 0.25) is 0 Å². The number of methoxy groups -OCH3 is 1. The van der Waals surface area contributed by atoms with Gasteiger partial charge < -0.3 is 9.64 Å². The van der Waals surface area contributed by atoms with Crippen LogP contribution in [0.25, 0.3) is 10.1 Å². The van der Waals surface area contributed by atoms with E-state index in [0.29, 0.717) is 24.8 Å². The number of aliphatic imine (C=N–C) groups is 1. The van der Waals surface area contributed by atoms with Crippen LogP contribution >= 0.6 is 23.7 Å². The van der Waals surface area contributed by atoms with Crippen LogP contribution < -0.4 is 0 Å². The predicted octanol–water partition coefficient (Wildman–Crippen LogP) is 5.24. The fraction of sp³-hybridized carbons (Fsp3) is 0.375. The summed E-state index contributed by atoms with van der Waals surface area (Å²) in [6.07, 6.45) is 1.49. The average Bonchev–Trinajstić information content (AvgIpc) is 3.05. The number of fused-ring (bicyclic) bond motifs is 4. The first-order valence-corrected chi connectivity index (χ1v) is 11.4. The van der Waals surface area contributed by atoms with Crippen LogP contribution in [-0.4, -0.2) is 62.1 Å². The highest BCUT2D eigenvalue weighted by Gasteiger charge is 2.31. The van der Waals surface area contributed by atoms with E-state index in [1.165, 1.54) is 16.8 Å². The largest absolute Gasteiger partial charge is 0.385 e. The Bertz CT molecular complexity index is 1170. The van der Waals surface area contributed by atoms with Gasteiger partial charge in [0, 0.05) is 72.4 Å². The lowest BCUT2D eigenvalue weighted by molar-refractivity contribution is 0.100. The van der Waals surface area contributed by atoms with E-state index in [4.69, 9.17) is 9.73 Å². The maximum absolute atomic E-state index is 14.1. The fourth-order valence-electron chi connectivity index (χ4n) is 4.56. The van der Waals surface area contributed by atoms with E-state index in [1.54, 1.807) is 18.4 Å². The maximum atomic E-state index is 14.1. The second kappa shape index (κ2) is 9.43. The van der Waals surface area contributed by atoms with Crippen molar-refractivity contribution in [3.05, 3.63) is 64.0 Å². The molecule has 0 bridgehead atoms. The van der Waals surface area contributed by atoms with Gasteiger partial charge in [-0.15, -0.1) is 23.7 Å². The molecule has 0 N–H and O–H groups in total. The molecule has 1 aromatic heterocycles. The van der Waals surface area contributed by atoms with Crippen LogP contribution in [0.3, 0.4) is 0 Å². The molecule has 0 spiro atoms. The number of halogens is 3. The second-order valence-corrected chi connectivity index (χ2v) is 9.40. The SMILES string of the molecule is COCC[C@H]1CN(C2=Nc3cc(F)c(F)cc3Cc3sc4ccccc4c32)CCN1C.Cl. The first-order chi connectivity index (χ1) is 15.0. The highest BCUT2D eigenvalue weighted by Crippen LogP contribution is 2.39. The molecule has 2 aliphatic rings.